The number of rotatable bonds is 4. The highest BCUT2D eigenvalue weighted by atomic mass is 32.2. The van der Waals surface area contributed by atoms with E-state index in [9.17, 15) is 13.2 Å². The smallest absolute Gasteiger partial charge is 0.254 e. The molecule has 0 saturated carbocycles. The number of methoxy groups -OCH3 is 1. The van der Waals surface area contributed by atoms with Gasteiger partial charge in [0.2, 0.25) is 10.0 Å². The summed E-state index contributed by atoms with van der Waals surface area (Å²) in [6.45, 7) is 5.20. The van der Waals surface area contributed by atoms with Gasteiger partial charge in [0.05, 0.1) is 7.11 Å². The minimum absolute atomic E-state index is 0.0374. The van der Waals surface area contributed by atoms with Crippen molar-refractivity contribution in [1.29, 1.82) is 0 Å². The van der Waals surface area contributed by atoms with Crippen molar-refractivity contribution in [2.24, 2.45) is 0 Å². The lowest BCUT2D eigenvalue weighted by atomic mass is 10.1. The Labute approximate surface area is 137 Å². The van der Waals surface area contributed by atoms with E-state index in [1.54, 1.807) is 11.0 Å². The number of ether oxygens (including phenoxy) is 1. The average molecular weight is 341 g/mol. The first-order valence-corrected chi connectivity index (χ1v) is 8.93. The fraction of sp³-hybridized carbons (Fsp3) is 0.533. The molecule has 1 aromatic carbocycles. The number of nitrogens with one attached hydrogen (secondary N) is 2. The molecule has 1 fully saturated rings. The van der Waals surface area contributed by atoms with Crippen LogP contribution in [0.25, 0.3) is 0 Å². The van der Waals surface area contributed by atoms with Crippen molar-refractivity contribution in [3.8, 4) is 5.75 Å². The summed E-state index contributed by atoms with van der Waals surface area (Å²) in [5.74, 6) is 0.0263. The number of nitrogens with zero attached hydrogens (tertiary/aromatic N) is 1. The number of piperazine rings is 1. The van der Waals surface area contributed by atoms with Crippen LogP contribution < -0.4 is 14.8 Å². The van der Waals surface area contributed by atoms with Gasteiger partial charge in [-0.2, -0.15) is 0 Å². The maximum Gasteiger partial charge on any atom is 0.254 e. The van der Waals surface area contributed by atoms with Gasteiger partial charge in [-0.15, -0.1) is 0 Å². The maximum absolute atomic E-state index is 12.7. The molecule has 1 amide bonds. The first-order chi connectivity index (χ1) is 10.8. The van der Waals surface area contributed by atoms with Crippen LogP contribution in [-0.4, -0.2) is 58.6 Å². The van der Waals surface area contributed by atoms with E-state index < -0.39 is 10.0 Å². The second kappa shape index (κ2) is 6.86. The summed E-state index contributed by atoms with van der Waals surface area (Å²) in [5.41, 5.74) is 0.334. The lowest BCUT2D eigenvalue weighted by molar-refractivity contribution is 0.0673. The van der Waals surface area contributed by atoms with Crippen molar-refractivity contribution in [3.05, 3.63) is 23.8 Å². The van der Waals surface area contributed by atoms with Gasteiger partial charge in [-0.3, -0.25) is 4.79 Å². The molecule has 2 atom stereocenters. The SMILES string of the molecule is CNS(=O)(=O)c1cc(C(=O)N2C[C@@H](C)N[C@@H](C)C2)ccc1OC. The number of hydrogen-bond donors (Lipinski definition) is 2. The first kappa shape index (κ1) is 17.7. The minimum atomic E-state index is -3.71. The lowest BCUT2D eigenvalue weighted by Gasteiger charge is -2.36. The van der Waals surface area contributed by atoms with Crippen molar-refractivity contribution in [2.75, 3.05) is 27.2 Å². The minimum Gasteiger partial charge on any atom is -0.495 e. The highest BCUT2D eigenvalue weighted by Gasteiger charge is 2.27. The monoisotopic (exact) mass is 341 g/mol. The van der Waals surface area contributed by atoms with Crippen LogP contribution in [0.3, 0.4) is 0 Å². The molecule has 2 N–H and O–H groups in total. The lowest BCUT2D eigenvalue weighted by Crippen LogP contribution is -2.55. The van der Waals surface area contributed by atoms with Crippen LogP contribution in [0.5, 0.6) is 5.75 Å². The Kier molecular flexibility index (Phi) is 5.28. The molecule has 128 valence electrons. The van der Waals surface area contributed by atoms with Crippen LogP contribution in [0.1, 0.15) is 24.2 Å². The number of sulfonamides is 1. The van der Waals surface area contributed by atoms with Gasteiger partial charge in [-0.05, 0) is 39.1 Å². The number of amides is 1. The average Bonchev–Trinajstić information content (AvgIpc) is 2.52. The molecule has 0 bridgehead atoms. The molecule has 8 heteroatoms. The second-order valence-corrected chi connectivity index (χ2v) is 7.61. The van der Waals surface area contributed by atoms with Crippen molar-refractivity contribution < 1.29 is 17.9 Å². The third-order valence-corrected chi connectivity index (χ3v) is 5.25. The number of hydrogen-bond acceptors (Lipinski definition) is 5. The second-order valence-electron chi connectivity index (χ2n) is 5.75. The van der Waals surface area contributed by atoms with Gasteiger partial charge in [0.1, 0.15) is 10.6 Å². The summed E-state index contributed by atoms with van der Waals surface area (Å²) in [4.78, 5) is 14.4. The van der Waals surface area contributed by atoms with Crippen LogP contribution in [0, 0.1) is 0 Å². The summed E-state index contributed by atoms with van der Waals surface area (Å²) >= 11 is 0. The van der Waals surface area contributed by atoms with E-state index in [0.29, 0.717) is 18.7 Å². The molecule has 7 nitrogen and oxygen atoms in total. The van der Waals surface area contributed by atoms with Crippen molar-refractivity contribution in [1.82, 2.24) is 14.9 Å². The van der Waals surface area contributed by atoms with Crippen LogP contribution in [0.15, 0.2) is 23.1 Å². The molecule has 1 aromatic rings. The Bertz CT molecular complexity index is 680. The molecule has 0 aliphatic carbocycles. The van der Waals surface area contributed by atoms with Crippen LogP contribution >= 0.6 is 0 Å². The molecule has 2 rings (SSSR count). The van der Waals surface area contributed by atoms with E-state index in [1.807, 2.05) is 13.8 Å². The van der Waals surface area contributed by atoms with Crippen molar-refractivity contribution in [3.63, 3.8) is 0 Å². The summed E-state index contributed by atoms with van der Waals surface area (Å²) in [5, 5.41) is 3.36. The van der Waals surface area contributed by atoms with Gasteiger partial charge in [0.15, 0.2) is 0 Å². The zero-order valence-electron chi connectivity index (χ0n) is 13.8. The normalized spacial score (nSPS) is 22.0. The molecule has 0 radical (unpaired) electrons. The fourth-order valence-corrected chi connectivity index (χ4v) is 3.72. The summed E-state index contributed by atoms with van der Waals surface area (Å²) < 4.78 is 31.6. The third-order valence-electron chi connectivity index (χ3n) is 3.81. The molecule has 1 aliphatic heterocycles. The third kappa shape index (κ3) is 3.82. The van der Waals surface area contributed by atoms with Gasteiger partial charge in [-0.1, -0.05) is 0 Å². The first-order valence-electron chi connectivity index (χ1n) is 7.45. The molecule has 0 unspecified atom stereocenters. The Morgan fingerprint density at radius 2 is 1.91 bits per heavy atom. The van der Waals surface area contributed by atoms with E-state index in [0.717, 1.165) is 0 Å². The Hall–Kier alpha value is -1.64. The van der Waals surface area contributed by atoms with E-state index >= 15 is 0 Å². The Morgan fingerprint density at radius 1 is 1.30 bits per heavy atom. The molecule has 1 heterocycles. The largest absolute Gasteiger partial charge is 0.495 e. The summed E-state index contributed by atoms with van der Waals surface area (Å²) in [6, 6.07) is 4.85. The van der Waals surface area contributed by atoms with Crippen molar-refractivity contribution >= 4 is 15.9 Å². The number of carbonyl (C=O) groups is 1. The fourth-order valence-electron chi connectivity index (χ4n) is 2.80. The van der Waals surface area contributed by atoms with Crippen LogP contribution in [0.4, 0.5) is 0 Å². The van der Waals surface area contributed by atoms with Crippen LogP contribution in [-0.2, 0) is 10.0 Å². The predicted molar refractivity (Wildman–Crippen MR) is 87.2 cm³/mol. The number of carbonyl (C=O) groups excluding carboxylic acids is 1. The molecular weight excluding hydrogens is 318 g/mol. The van der Waals surface area contributed by atoms with Gasteiger partial charge in [-0.25, -0.2) is 13.1 Å². The molecule has 1 saturated heterocycles. The van der Waals surface area contributed by atoms with Crippen LogP contribution in [0.2, 0.25) is 0 Å². The molecule has 23 heavy (non-hydrogen) atoms. The van der Waals surface area contributed by atoms with Gasteiger partial charge >= 0.3 is 0 Å². The highest BCUT2D eigenvalue weighted by molar-refractivity contribution is 7.89. The standard InChI is InChI=1S/C15H23N3O4S/c1-10-8-18(9-11(2)17-10)15(19)12-5-6-13(22-4)14(7-12)23(20,21)16-3/h5-7,10-11,16-17H,8-9H2,1-4H3/t10-,11+. The Balaban J connectivity index is 2.36. The van der Waals surface area contributed by atoms with E-state index in [4.69, 9.17) is 4.74 Å². The summed E-state index contributed by atoms with van der Waals surface area (Å²) in [6.07, 6.45) is 0. The van der Waals surface area contributed by atoms with E-state index in [1.165, 1.54) is 26.3 Å². The molecule has 0 spiro atoms. The molecule has 1 aliphatic rings. The van der Waals surface area contributed by atoms with E-state index in [-0.39, 0.29) is 28.6 Å². The molecule has 0 aromatic heterocycles. The zero-order valence-corrected chi connectivity index (χ0v) is 14.6. The number of benzene rings is 1. The van der Waals surface area contributed by atoms with E-state index in [2.05, 4.69) is 10.0 Å². The zero-order chi connectivity index (χ0) is 17.2. The maximum atomic E-state index is 12.7. The van der Waals surface area contributed by atoms with Gasteiger partial charge in [0.25, 0.3) is 5.91 Å². The Morgan fingerprint density at radius 3 is 2.43 bits per heavy atom. The quantitative estimate of drug-likeness (QED) is 0.829. The van der Waals surface area contributed by atoms with Gasteiger partial charge in [0, 0.05) is 30.7 Å². The molecular formula is C15H23N3O4S. The van der Waals surface area contributed by atoms with Gasteiger partial charge < -0.3 is 15.0 Å². The predicted octanol–water partition coefficient (Wildman–Crippen LogP) is 0.426. The topological polar surface area (TPSA) is 87.7 Å². The summed E-state index contributed by atoms with van der Waals surface area (Å²) in [7, 11) is -0.991. The van der Waals surface area contributed by atoms with Crippen molar-refractivity contribution in [2.45, 2.75) is 30.8 Å². The highest BCUT2D eigenvalue weighted by Crippen LogP contribution is 2.25.